The number of amides is 1. The molecule has 2 aromatic carbocycles. The van der Waals surface area contributed by atoms with E-state index in [0.29, 0.717) is 6.54 Å². The SMILES string of the molecule is COc1ccccc1C1CCCN1C(=O)c1csc(NS(=O)(=O)c2ccccc2)n1. The Labute approximate surface area is 179 Å². The van der Waals surface area contributed by atoms with Crippen LogP contribution < -0.4 is 9.46 Å². The van der Waals surface area contributed by atoms with Crippen LogP contribution in [0.1, 0.15) is 34.9 Å². The molecule has 0 saturated carbocycles. The topological polar surface area (TPSA) is 88.6 Å². The third kappa shape index (κ3) is 4.03. The molecule has 1 aliphatic heterocycles. The highest BCUT2D eigenvalue weighted by atomic mass is 32.2. The second kappa shape index (κ2) is 8.45. The van der Waals surface area contributed by atoms with Gasteiger partial charge in [-0.05, 0) is 31.0 Å². The first-order chi connectivity index (χ1) is 14.5. The quantitative estimate of drug-likeness (QED) is 0.624. The molecule has 1 aromatic heterocycles. The van der Waals surface area contributed by atoms with Crippen LogP contribution in [0.3, 0.4) is 0 Å². The average molecular weight is 444 g/mol. The third-order valence-corrected chi connectivity index (χ3v) is 7.25. The maximum absolute atomic E-state index is 13.1. The molecule has 0 radical (unpaired) electrons. The molecule has 30 heavy (non-hydrogen) atoms. The third-order valence-electron chi connectivity index (χ3n) is 5.01. The van der Waals surface area contributed by atoms with Crippen LogP contribution in [0.5, 0.6) is 5.75 Å². The number of hydrogen-bond donors (Lipinski definition) is 1. The lowest BCUT2D eigenvalue weighted by Crippen LogP contribution is -2.31. The molecule has 1 unspecified atom stereocenters. The van der Waals surface area contributed by atoms with E-state index in [1.54, 1.807) is 35.6 Å². The van der Waals surface area contributed by atoms with Crippen LogP contribution in [0.25, 0.3) is 0 Å². The minimum absolute atomic E-state index is 0.0974. The van der Waals surface area contributed by atoms with Gasteiger partial charge in [0.15, 0.2) is 5.13 Å². The van der Waals surface area contributed by atoms with Crippen molar-refractivity contribution < 1.29 is 17.9 Å². The molecule has 2 heterocycles. The van der Waals surface area contributed by atoms with E-state index in [1.165, 1.54) is 12.1 Å². The highest BCUT2D eigenvalue weighted by Gasteiger charge is 2.33. The van der Waals surface area contributed by atoms with Crippen LogP contribution in [0.4, 0.5) is 5.13 Å². The minimum atomic E-state index is -3.75. The van der Waals surface area contributed by atoms with E-state index < -0.39 is 10.0 Å². The molecule has 1 atom stereocenters. The molecule has 1 N–H and O–H groups in total. The number of hydrogen-bond acceptors (Lipinski definition) is 6. The van der Waals surface area contributed by atoms with Gasteiger partial charge in [-0.1, -0.05) is 36.4 Å². The van der Waals surface area contributed by atoms with Crippen LogP contribution in [-0.4, -0.2) is 37.9 Å². The molecule has 7 nitrogen and oxygen atoms in total. The fourth-order valence-electron chi connectivity index (χ4n) is 3.61. The van der Waals surface area contributed by atoms with E-state index in [-0.39, 0.29) is 27.7 Å². The summed E-state index contributed by atoms with van der Waals surface area (Å²) in [5.74, 6) is 0.529. The standard InChI is InChI=1S/C21H21N3O4S2/c1-28-19-12-6-5-10-16(19)18-11-7-13-24(18)20(25)17-14-29-21(22-17)23-30(26,27)15-8-3-2-4-9-15/h2-6,8-10,12,14,18H,7,11,13H2,1H3,(H,22,23). The maximum Gasteiger partial charge on any atom is 0.273 e. The summed E-state index contributed by atoms with van der Waals surface area (Å²) in [4.78, 5) is 19.3. The fourth-order valence-corrected chi connectivity index (χ4v) is 5.57. The van der Waals surface area contributed by atoms with E-state index >= 15 is 0 Å². The van der Waals surface area contributed by atoms with Gasteiger partial charge in [0.2, 0.25) is 0 Å². The predicted octanol–water partition coefficient (Wildman–Crippen LogP) is 3.93. The van der Waals surface area contributed by atoms with Crippen molar-refractivity contribution in [2.75, 3.05) is 18.4 Å². The summed E-state index contributed by atoms with van der Waals surface area (Å²) in [6.07, 6.45) is 1.72. The first-order valence-electron chi connectivity index (χ1n) is 9.47. The number of thiazole rings is 1. The van der Waals surface area contributed by atoms with E-state index in [0.717, 1.165) is 35.5 Å². The Hall–Kier alpha value is -2.91. The lowest BCUT2D eigenvalue weighted by Gasteiger charge is -2.25. The Bertz CT molecular complexity index is 1150. The molecular weight excluding hydrogens is 422 g/mol. The number of likely N-dealkylation sites (tertiary alicyclic amines) is 1. The summed E-state index contributed by atoms with van der Waals surface area (Å²) in [6.45, 7) is 0.615. The van der Waals surface area contributed by atoms with E-state index in [2.05, 4.69) is 9.71 Å². The molecule has 0 spiro atoms. The van der Waals surface area contributed by atoms with Gasteiger partial charge in [-0.3, -0.25) is 9.52 Å². The number of carbonyl (C=O) groups is 1. The maximum atomic E-state index is 13.1. The molecule has 1 fully saturated rings. The van der Waals surface area contributed by atoms with Crippen molar-refractivity contribution in [1.29, 1.82) is 0 Å². The lowest BCUT2D eigenvalue weighted by molar-refractivity contribution is 0.0729. The number of nitrogens with one attached hydrogen (secondary N) is 1. The van der Waals surface area contributed by atoms with Crippen LogP contribution in [0.15, 0.2) is 64.9 Å². The van der Waals surface area contributed by atoms with Crippen molar-refractivity contribution in [2.24, 2.45) is 0 Å². The van der Waals surface area contributed by atoms with Gasteiger partial charge in [-0.15, -0.1) is 11.3 Å². The smallest absolute Gasteiger partial charge is 0.273 e. The number of ether oxygens (including phenoxy) is 1. The molecule has 0 bridgehead atoms. The molecular formula is C21H21N3O4S2. The van der Waals surface area contributed by atoms with Crippen molar-refractivity contribution in [3.05, 3.63) is 71.2 Å². The number of anilines is 1. The van der Waals surface area contributed by atoms with Crippen LogP contribution >= 0.6 is 11.3 Å². The highest BCUT2D eigenvalue weighted by Crippen LogP contribution is 2.38. The van der Waals surface area contributed by atoms with Crippen LogP contribution in [-0.2, 0) is 10.0 Å². The molecule has 1 saturated heterocycles. The zero-order chi connectivity index (χ0) is 21.1. The zero-order valence-electron chi connectivity index (χ0n) is 16.3. The Morgan fingerprint density at radius 2 is 1.90 bits per heavy atom. The van der Waals surface area contributed by atoms with Gasteiger partial charge in [0, 0.05) is 17.5 Å². The van der Waals surface area contributed by atoms with Gasteiger partial charge in [-0.2, -0.15) is 0 Å². The summed E-state index contributed by atoms with van der Waals surface area (Å²) in [7, 11) is -2.13. The number of para-hydroxylation sites is 1. The van der Waals surface area contributed by atoms with Gasteiger partial charge in [0.1, 0.15) is 11.4 Å². The Balaban J connectivity index is 1.54. The Kier molecular flexibility index (Phi) is 5.74. The van der Waals surface area contributed by atoms with Gasteiger partial charge in [0.05, 0.1) is 18.0 Å². The second-order valence-electron chi connectivity index (χ2n) is 6.85. The van der Waals surface area contributed by atoms with Crippen molar-refractivity contribution in [3.63, 3.8) is 0 Å². The van der Waals surface area contributed by atoms with Crippen molar-refractivity contribution in [1.82, 2.24) is 9.88 Å². The van der Waals surface area contributed by atoms with Crippen molar-refractivity contribution in [3.8, 4) is 5.75 Å². The molecule has 156 valence electrons. The molecule has 3 aromatic rings. The normalized spacial score (nSPS) is 16.4. The van der Waals surface area contributed by atoms with Gasteiger partial charge in [0.25, 0.3) is 15.9 Å². The second-order valence-corrected chi connectivity index (χ2v) is 9.40. The zero-order valence-corrected chi connectivity index (χ0v) is 17.9. The Morgan fingerprint density at radius 1 is 1.17 bits per heavy atom. The predicted molar refractivity (Wildman–Crippen MR) is 115 cm³/mol. The molecule has 1 aliphatic rings. The Morgan fingerprint density at radius 3 is 2.67 bits per heavy atom. The largest absolute Gasteiger partial charge is 0.496 e. The van der Waals surface area contributed by atoms with E-state index in [9.17, 15) is 13.2 Å². The van der Waals surface area contributed by atoms with Crippen LogP contribution in [0, 0.1) is 0 Å². The first-order valence-corrected chi connectivity index (χ1v) is 11.8. The van der Waals surface area contributed by atoms with E-state index in [4.69, 9.17) is 4.74 Å². The monoisotopic (exact) mass is 443 g/mol. The fraction of sp³-hybridized carbons (Fsp3) is 0.238. The average Bonchev–Trinajstić information content (AvgIpc) is 3.43. The number of sulfonamides is 1. The first kappa shape index (κ1) is 20.4. The summed E-state index contributed by atoms with van der Waals surface area (Å²) in [6, 6.07) is 15.6. The summed E-state index contributed by atoms with van der Waals surface area (Å²) < 4.78 is 32.9. The number of benzene rings is 2. The number of aromatic nitrogens is 1. The van der Waals surface area contributed by atoms with E-state index in [1.807, 2.05) is 24.3 Å². The molecule has 0 aliphatic carbocycles. The number of carbonyl (C=O) groups excluding carboxylic acids is 1. The van der Waals surface area contributed by atoms with Gasteiger partial charge < -0.3 is 9.64 Å². The summed E-state index contributed by atoms with van der Waals surface area (Å²) in [5, 5.41) is 1.75. The number of rotatable bonds is 6. The number of nitrogens with zero attached hydrogens (tertiary/aromatic N) is 2. The minimum Gasteiger partial charge on any atom is -0.496 e. The van der Waals surface area contributed by atoms with Gasteiger partial charge >= 0.3 is 0 Å². The highest BCUT2D eigenvalue weighted by molar-refractivity contribution is 7.93. The van der Waals surface area contributed by atoms with Crippen molar-refractivity contribution >= 4 is 32.4 Å². The molecule has 1 amide bonds. The number of methoxy groups -OCH3 is 1. The van der Waals surface area contributed by atoms with Gasteiger partial charge in [-0.25, -0.2) is 13.4 Å². The molecule has 4 rings (SSSR count). The van der Waals surface area contributed by atoms with Crippen molar-refractivity contribution in [2.45, 2.75) is 23.8 Å². The lowest BCUT2D eigenvalue weighted by atomic mass is 10.0. The summed E-state index contributed by atoms with van der Waals surface area (Å²) in [5.41, 5.74) is 1.19. The van der Waals surface area contributed by atoms with Crippen LogP contribution in [0.2, 0.25) is 0 Å². The molecule has 9 heteroatoms. The summed E-state index contributed by atoms with van der Waals surface area (Å²) >= 11 is 1.09.